The van der Waals surface area contributed by atoms with Crippen molar-refractivity contribution in [3.05, 3.63) is 60.2 Å². The van der Waals surface area contributed by atoms with E-state index < -0.39 is 28.7 Å². The number of hydrogen-bond acceptors (Lipinski definition) is 6. The van der Waals surface area contributed by atoms with Crippen LogP contribution < -0.4 is 15.4 Å². The van der Waals surface area contributed by atoms with Gasteiger partial charge in [0.1, 0.15) is 11.8 Å². The minimum atomic E-state index is -0.770. The van der Waals surface area contributed by atoms with Gasteiger partial charge in [-0.3, -0.25) is 14.4 Å². The standard InChI is InChI=1S/C32H41N3O5S/c1-5-40-24-13-11-22(12-14-24)34-29(37)26-25-16-20(4)32(41-25)27(26)31(39)35(23(18-36)15-19(2)3)28(32)30(38)33-17-21-9-7-6-8-10-21/h6-14,19-20,23,25-28,36H,5,15-18H2,1-4H3,(H,33,38)(H,34,37)/t20?,23-,25-,26+,27+,28?,32?/m1/s1. The fraction of sp³-hybridized carbons (Fsp3) is 0.531. The van der Waals surface area contributed by atoms with Crippen molar-refractivity contribution >= 4 is 35.2 Å². The number of likely N-dealkylation sites (tertiary alicyclic amines) is 1. The van der Waals surface area contributed by atoms with Crippen LogP contribution in [0.3, 0.4) is 0 Å². The summed E-state index contributed by atoms with van der Waals surface area (Å²) in [5, 5.41) is 16.5. The molecule has 3 saturated heterocycles. The van der Waals surface area contributed by atoms with Crippen molar-refractivity contribution in [2.45, 2.75) is 69.2 Å². The first-order valence-corrected chi connectivity index (χ1v) is 15.5. The molecule has 2 bridgehead atoms. The monoisotopic (exact) mass is 579 g/mol. The first-order chi connectivity index (χ1) is 19.7. The quantitative estimate of drug-likeness (QED) is 0.370. The molecule has 3 heterocycles. The van der Waals surface area contributed by atoms with Crippen molar-refractivity contribution in [1.29, 1.82) is 0 Å². The molecule has 0 radical (unpaired) electrons. The molecule has 0 aliphatic carbocycles. The number of hydrogen-bond donors (Lipinski definition) is 3. The third-order valence-corrected chi connectivity index (χ3v) is 10.9. The van der Waals surface area contributed by atoms with E-state index >= 15 is 0 Å². The maximum Gasteiger partial charge on any atom is 0.244 e. The van der Waals surface area contributed by atoms with Crippen molar-refractivity contribution in [2.75, 3.05) is 18.5 Å². The summed E-state index contributed by atoms with van der Waals surface area (Å²) >= 11 is 1.64. The van der Waals surface area contributed by atoms with Crippen molar-refractivity contribution in [1.82, 2.24) is 10.2 Å². The topological polar surface area (TPSA) is 108 Å². The number of nitrogens with zero attached hydrogens (tertiary/aromatic N) is 1. The van der Waals surface area contributed by atoms with E-state index in [2.05, 4.69) is 17.6 Å². The SMILES string of the molecule is CCOc1ccc(NC(=O)[C@@H]2[C@H]3C(=O)N([C@@H](CO)CC(C)C)C(C(=O)NCc4ccccc4)C34S[C@@H]2CC4C)cc1. The lowest BCUT2D eigenvalue weighted by Gasteiger charge is -2.40. The minimum Gasteiger partial charge on any atom is -0.494 e. The van der Waals surface area contributed by atoms with Crippen LogP contribution in [-0.2, 0) is 20.9 Å². The van der Waals surface area contributed by atoms with Gasteiger partial charge >= 0.3 is 0 Å². The summed E-state index contributed by atoms with van der Waals surface area (Å²) in [6.45, 7) is 8.77. The van der Waals surface area contributed by atoms with E-state index in [1.54, 1.807) is 28.8 Å². The zero-order valence-electron chi connectivity index (χ0n) is 24.2. The summed E-state index contributed by atoms with van der Waals surface area (Å²) in [7, 11) is 0. The van der Waals surface area contributed by atoms with Gasteiger partial charge in [0.25, 0.3) is 0 Å². The average Bonchev–Trinajstić information content (AvgIpc) is 3.55. The number of anilines is 1. The van der Waals surface area contributed by atoms with Gasteiger partial charge < -0.3 is 25.4 Å². The molecule has 8 nitrogen and oxygen atoms in total. The second kappa shape index (κ2) is 12.1. The molecule has 5 rings (SSSR count). The molecule has 3 aliphatic heterocycles. The van der Waals surface area contributed by atoms with Gasteiger partial charge in [-0.15, -0.1) is 11.8 Å². The highest BCUT2D eigenvalue weighted by molar-refractivity contribution is 8.02. The van der Waals surface area contributed by atoms with Gasteiger partial charge in [-0.2, -0.15) is 0 Å². The molecule has 3 unspecified atom stereocenters. The molecule has 2 aromatic carbocycles. The molecule has 1 spiro atoms. The molecule has 3 N–H and O–H groups in total. The van der Waals surface area contributed by atoms with Crippen LogP contribution in [0.25, 0.3) is 0 Å². The number of fused-ring (bicyclic) bond motifs is 1. The number of thioether (sulfide) groups is 1. The van der Waals surface area contributed by atoms with Crippen LogP contribution in [0.4, 0.5) is 5.69 Å². The third kappa shape index (κ3) is 5.34. The third-order valence-electron chi connectivity index (χ3n) is 8.82. The molecule has 3 aliphatic rings. The van der Waals surface area contributed by atoms with Gasteiger partial charge in [0.15, 0.2) is 0 Å². The van der Waals surface area contributed by atoms with E-state index in [0.29, 0.717) is 25.3 Å². The fourth-order valence-electron chi connectivity index (χ4n) is 7.18. The van der Waals surface area contributed by atoms with Crippen molar-refractivity contribution in [3.63, 3.8) is 0 Å². The van der Waals surface area contributed by atoms with Crippen LogP contribution in [0.5, 0.6) is 5.75 Å². The summed E-state index contributed by atoms with van der Waals surface area (Å²) in [6, 6.07) is 15.6. The van der Waals surface area contributed by atoms with Crippen LogP contribution >= 0.6 is 11.8 Å². The van der Waals surface area contributed by atoms with Gasteiger partial charge in [-0.1, -0.05) is 51.1 Å². The smallest absolute Gasteiger partial charge is 0.244 e. The Kier molecular flexibility index (Phi) is 8.66. The average molecular weight is 580 g/mol. The van der Waals surface area contributed by atoms with Gasteiger partial charge in [0.05, 0.1) is 35.8 Å². The number of carbonyl (C=O) groups excluding carboxylic acids is 3. The van der Waals surface area contributed by atoms with E-state index in [4.69, 9.17) is 4.74 Å². The molecule has 0 aromatic heterocycles. The Balaban J connectivity index is 1.46. The Labute approximate surface area is 246 Å². The van der Waals surface area contributed by atoms with Gasteiger partial charge in [0, 0.05) is 17.5 Å². The van der Waals surface area contributed by atoms with Crippen molar-refractivity contribution in [3.8, 4) is 5.75 Å². The van der Waals surface area contributed by atoms with E-state index in [9.17, 15) is 19.5 Å². The van der Waals surface area contributed by atoms with Crippen molar-refractivity contribution in [2.24, 2.45) is 23.7 Å². The van der Waals surface area contributed by atoms with Gasteiger partial charge in [-0.05, 0) is 61.4 Å². The van der Waals surface area contributed by atoms with Crippen LogP contribution in [-0.4, -0.2) is 63.0 Å². The molecule has 3 amide bonds. The van der Waals surface area contributed by atoms with E-state index in [1.807, 2.05) is 63.2 Å². The Morgan fingerprint density at radius 2 is 1.83 bits per heavy atom. The zero-order valence-corrected chi connectivity index (χ0v) is 25.0. The molecule has 0 saturated carbocycles. The lowest BCUT2D eigenvalue weighted by Crippen LogP contribution is -2.58. The number of aliphatic hydroxyl groups is 1. The number of nitrogens with one attached hydrogen (secondary N) is 2. The second-order valence-electron chi connectivity index (χ2n) is 11.9. The van der Waals surface area contributed by atoms with Gasteiger partial charge in [-0.25, -0.2) is 0 Å². The van der Waals surface area contributed by atoms with Crippen molar-refractivity contribution < 1.29 is 24.2 Å². The van der Waals surface area contributed by atoms with E-state index in [0.717, 1.165) is 17.7 Å². The van der Waals surface area contributed by atoms with Gasteiger partial charge in [0.2, 0.25) is 17.7 Å². The minimum absolute atomic E-state index is 0.0526. The zero-order chi connectivity index (χ0) is 29.3. The summed E-state index contributed by atoms with van der Waals surface area (Å²) in [5.74, 6) is -0.838. The first kappa shape index (κ1) is 29.5. The lowest BCUT2D eigenvalue weighted by molar-refractivity contribution is -0.142. The summed E-state index contributed by atoms with van der Waals surface area (Å²) in [5.41, 5.74) is 1.61. The number of rotatable bonds is 11. The summed E-state index contributed by atoms with van der Waals surface area (Å²) < 4.78 is 4.78. The number of amides is 3. The molecule has 9 heteroatoms. The predicted molar refractivity (Wildman–Crippen MR) is 160 cm³/mol. The molecule has 220 valence electrons. The first-order valence-electron chi connectivity index (χ1n) is 14.7. The number of aliphatic hydroxyl groups excluding tert-OH is 1. The Morgan fingerprint density at radius 3 is 2.46 bits per heavy atom. The highest BCUT2D eigenvalue weighted by Gasteiger charge is 2.76. The summed E-state index contributed by atoms with van der Waals surface area (Å²) in [6.07, 6.45) is 1.32. The summed E-state index contributed by atoms with van der Waals surface area (Å²) in [4.78, 5) is 44.0. The van der Waals surface area contributed by atoms with Crippen LogP contribution in [0, 0.1) is 23.7 Å². The Morgan fingerprint density at radius 1 is 1.12 bits per heavy atom. The molecule has 2 aromatic rings. The normalized spacial score (nSPS) is 29.0. The van der Waals surface area contributed by atoms with Crippen LogP contribution in [0.1, 0.15) is 46.1 Å². The lowest BCUT2D eigenvalue weighted by atomic mass is 9.66. The predicted octanol–water partition coefficient (Wildman–Crippen LogP) is 4.08. The number of benzene rings is 2. The molecule has 7 atom stereocenters. The molecule has 3 fully saturated rings. The maximum absolute atomic E-state index is 14.4. The highest BCUT2D eigenvalue weighted by atomic mass is 32.2. The highest BCUT2D eigenvalue weighted by Crippen LogP contribution is 2.69. The molecular weight excluding hydrogens is 538 g/mol. The second-order valence-corrected chi connectivity index (χ2v) is 13.5. The van der Waals surface area contributed by atoms with E-state index in [1.165, 1.54) is 0 Å². The number of ether oxygens (including phenoxy) is 1. The molecule has 41 heavy (non-hydrogen) atoms. The van der Waals surface area contributed by atoms with E-state index in [-0.39, 0.29) is 41.4 Å². The van der Waals surface area contributed by atoms with Crippen LogP contribution in [0.15, 0.2) is 54.6 Å². The Hall–Kier alpha value is -3.04. The fourth-order valence-corrected chi connectivity index (χ4v) is 9.59. The molecular formula is C32H41N3O5S. The maximum atomic E-state index is 14.4. The number of carbonyl (C=O) groups is 3. The Bertz CT molecular complexity index is 1260. The largest absolute Gasteiger partial charge is 0.494 e. The van der Waals surface area contributed by atoms with Crippen LogP contribution in [0.2, 0.25) is 0 Å².